The highest BCUT2D eigenvalue weighted by molar-refractivity contribution is 5.72. The average molecular weight is 269 g/mol. The van der Waals surface area contributed by atoms with Crippen LogP contribution in [0.25, 0.3) is 11.3 Å². The topological polar surface area (TPSA) is 61.0 Å². The van der Waals surface area contributed by atoms with Gasteiger partial charge in [-0.05, 0) is 38.0 Å². The molecule has 1 atom stereocenters. The molecule has 2 N–H and O–H groups in total. The number of aromatic nitrogens is 2. The Bertz CT molecular complexity index is 667. The molecule has 0 saturated carbocycles. The zero-order valence-corrected chi connectivity index (χ0v) is 12.1. The molecular formula is C16H19N3O. The van der Waals surface area contributed by atoms with Crippen molar-refractivity contribution < 1.29 is 4.74 Å². The summed E-state index contributed by atoms with van der Waals surface area (Å²) in [5, 5.41) is 0. The predicted molar refractivity (Wildman–Crippen MR) is 78.9 cm³/mol. The Balaban J connectivity index is 2.18. The van der Waals surface area contributed by atoms with Crippen molar-refractivity contribution in [3.8, 4) is 17.0 Å². The lowest BCUT2D eigenvalue weighted by molar-refractivity contribution is 0.242. The van der Waals surface area contributed by atoms with Crippen LogP contribution in [0.15, 0.2) is 18.3 Å². The van der Waals surface area contributed by atoms with Crippen molar-refractivity contribution in [2.45, 2.75) is 33.3 Å². The number of hydrogen-bond donors (Lipinski definition) is 1. The van der Waals surface area contributed by atoms with Crippen molar-refractivity contribution in [3.05, 3.63) is 40.8 Å². The van der Waals surface area contributed by atoms with Crippen LogP contribution in [0.1, 0.15) is 22.5 Å². The molecule has 0 spiro atoms. The van der Waals surface area contributed by atoms with Gasteiger partial charge >= 0.3 is 0 Å². The van der Waals surface area contributed by atoms with Gasteiger partial charge in [0.15, 0.2) is 0 Å². The molecule has 0 amide bonds. The zero-order valence-electron chi connectivity index (χ0n) is 12.1. The Hall–Kier alpha value is -1.94. The predicted octanol–water partition coefficient (Wildman–Crippen LogP) is 2.33. The Labute approximate surface area is 119 Å². The Morgan fingerprint density at radius 2 is 2.10 bits per heavy atom. The summed E-state index contributed by atoms with van der Waals surface area (Å²) in [6.45, 7) is 6.56. The number of nitrogens with zero attached hydrogens (tertiary/aromatic N) is 2. The molecule has 0 aliphatic carbocycles. The van der Waals surface area contributed by atoms with Crippen LogP contribution in [-0.2, 0) is 6.42 Å². The number of benzene rings is 1. The summed E-state index contributed by atoms with van der Waals surface area (Å²) in [5.41, 5.74) is 11.9. The fraction of sp³-hybridized carbons (Fsp3) is 0.375. The average Bonchev–Trinajstić information content (AvgIpc) is 2.83. The fourth-order valence-corrected chi connectivity index (χ4v) is 2.69. The summed E-state index contributed by atoms with van der Waals surface area (Å²) >= 11 is 0. The fourth-order valence-electron chi connectivity index (χ4n) is 2.69. The van der Waals surface area contributed by atoms with Crippen LogP contribution in [0.5, 0.6) is 5.75 Å². The summed E-state index contributed by atoms with van der Waals surface area (Å²) in [6.07, 6.45) is 2.74. The highest BCUT2D eigenvalue weighted by atomic mass is 16.5. The third kappa shape index (κ3) is 2.16. The first-order valence-corrected chi connectivity index (χ1v) is 6.89. The molecule has 2 heterocycles. The quantitative estimate of drug-likeness (QED) is 0.909. The molecule has 0 radical (unpaired) electrons. The molecule has 1 unspecified atom stereocenters. The lowest BCUT2D eigenvalue weighted by Crippen LogP contribution is -2.24. The van der Waals surface area contributed by atoms with Crippen molar-refractivity contribution in [3.63, 3.8) is 0 Å². The lowest BCUT2D eigenvalue weighted by atomic mass is 10.00. The van der Waals surface area contributed by atoms with Gasteiger partial charge in [-0.15, -0.1) is 0 Å². The van der Waals surface area contributed by atoms with Crippen LogP contribution in [0.4, 0.5) is 0 Å². The van der Waals surface area contributed by atoms with E-state index in [-0.39, 0.29) is 6.10 Å². The van der Waals surface area contributed by atoms with Crippen molar-refractivity contribution >= 4 is 0 Å². The molecule has 1 aliphatic heterocycles. The minimum Gasteiger partial charge on any atom is -0.488 e. The van der Waals surface area contributed by atoms with E-state index in [9.17, 15) is 0 Å². The van der Waals surface area contributed by atoms with Gasteiger partial charge in [-0.25, -0.2) is 4.98 Å². The summed E-state index contributed by atoms with van der Waals surface area (Å²) in [4.78, 5) is 9.05. The van der Waals surface area contributed by atoms with Crippen molar-refractivity contribution in [2.75, 3.05) is 6.54 Å². The minimum absolute atomic E-state index is 0.0728. The lowest BCUT2D eigenvalue weighted by Gasteiger charge is -2.13. The molecule has 4 heteroatoms. The van der Waals surface area contributed by atoms with Gasteiger partial charge in [0, 0.05) is 24.7 Å². The summed E-state index contributed by atoms with van der Waals surface area (Å²) in [5.74, 6) is 0.925. The van der Waals surface area contributed by atoms with Gasteiger partial charge in [0.2, 0.25) is 0 Å². The molecule has 1 aromatic carbocycles. The zero-order chi connectivity index (χ0) is 14.3. The number of aryl methyl sites for hydroxylation is 3. The van der Waals surface area contributed by atoms with Crippen LogP contribution in [0, 0.1) is 20.8 Å². The van der Waals surface area contributed by atoms with Crippen LogP contribution in [-0.4, -0.2) is 22.6 Å². The van der Waals surface area contributed by atoms with Crippen molar-refractivity contribution in [1.82, 2.24) is 9.97 Å². The molecule has 1 aromatic heterocycles. The number of nitrogens with two attached hydrogens (primary N) is 1. The van der Waals surface area contributed by atoms with Crippen LogP contribution in [0.3, 0.4) is 0 Å². The first kappa shape index (κ1) is 13.1. The van der Waals surface area contributed by atoms with Crippen LogP contribution in [0.2, 0.25) is 0 Å². The Morgan fingerprint density at radius 3 is 2.85 bits per heavy atom. The standard InChI is InChI=1S/C16H19N3O/c1-9-4-12-6-13(7-17)20-16(12)14(5-9)15-11(3)18-8-10(2)19-15/h4-5,8,13H,6-7,17H2,1-3H3. The van der Waals surface area contributed by atoms with Gasteiger partial charge in [-0.3, -0.25) is 4.98 Å². The number of fused-ring (bicyclic) bond motifs is 1. The molecule has 0 fully saturated rings. The monoisotopic (exact) mass is 269 g/mol. The minimum atomic E-state index is 0.0728. The van der Waals surface area contributed by atoms with E-state index in [2.05, 4.69) is 29.0 Å². The maximum absolute atomic E-state index is 6.00. The van der Waals surface area contributed by atoms with Gasteiger partial charge in [-0.1, -0.05) is 6.07 Å². The molecular weight excluding hydrogens is 250 g/mol. The van der Waals surface area contributed by atoms with E-state index in [0.717, 1.165) is 34.8 Å². The van der Waals surface area contributed by atoms with Gasteiger partial charge in [0.1, 0.15) is 11.9 Å². The summed E-state index contributed by atoms with van der Waals surface area (Å²) in [7, 11) is 0. The number of ether oxygens (including phenoxy) is 1. The molecule has 104 valence electrons. The van der Waals surface area contributed by atoms with Crippen molar-refractivity contribution in [2.24, 2.45) is 5.73 Å². The number of rotatable bonds is 2. The SMILES string of the molecule is Cc1cc2c(c(-c3nc(C)cnc3C)c1)OC(CN)C2. The van der Waals surface area contributed by atoms with E-state index in [1.165, 1.54) is 11.1 Å². The second-order valence-corrected chi connectivity index (χ2v) is 5.43. The first-order chi connectivity index (χ1) is 9.58. The largest absolute Gasteiger partial charge is 0.488 e. The first-order valence-electron chi connectivity index (χ1n) is 6.89. The summed E-state index contributed by atoms with van der Waals surface area (Å²) in [6, 6.07) is 4.29. The van der Waals surface area contributed by atoms with E-state index in [1.807, 2.05) is 13.8 Å². The normalized spacial score (nSPS) is 16.9. The van der Waals surface area contributed by atoms with Gasteiger partial charge in [0.05, 0.1) is 17.1 Å². The third-order valence-electron chi connectivity index (χ3n) is 3.64. The van der Waals surface area contributed by atoms with E-state index in [4.69, 9.17) is 10.5 Å². The number of hydrogen-bond acceptors (Lipinski definition) is 4. The maximum Gasteiger partial charge on any atom is 0.132 e. The van der Waals surface area contributed by atoms with Crippen LogP contribution < -0.4 is 10.5 Å². The van der Waals surface area contributed by atoms with Crippen LogP contribution >= 0.6 is 0 Å². The van der Waals surface area contributed by atoms with Gasteiger partial charge in [0.25, 0.3) is 0 Å². The van der Waals surface area contributed by atoms with E-state index in [1.54, 1.807) is 6.20 Å². The highest BCUT2D eigenvalue weighted by Crippen LogP contribution is 2.39. The summed E-state index contributed by atoms with van der Waals surface area (Å²) < 4.78 is 6.00. The smallest absolute Gasteiger partial charge is 0.132 e. The van der Waals surface area contributed by atoms with E-state index >= 15 is 0 Å². The maximum atomic E-state index is 6.00. The van der Waals surface area contributed by atoms with E-state index < -0.39 is 0 Å². The van der Waals surface area contributed by atoms with E-state index in [0.29, 0.717) is 6.54 Å². The molecule has 20 heavy (non-hydrogen) atoms. The molecule has 1 aliphatic rings. The molecule has 0 bridgehead atoms. The van der Waals surface area contributed by atoms with Gasteiger partial charge in [-0.2, -0.15) is 0 Å². The second kappa shape index (κ2) is 4.87. The highest BCUT2D eigenvalue weighted by Gasteiger charge is 2.26. The second-order valence-electron chi connectivity index (χ2n) is 5.43. The van der Waals surface area contributed by atoms with Gasteiger partial charge < -0.3 is 10.5 Å². The molecule has 2 aromatic rings. The van der Waals surface area contributed by atoms with Crippen molar-refractivity contribution in [1.29, 1.82) is 0 Å². The molecule has 0 saturated heterocycles. The Morgan fingerprint density at radius 1 is 1.30 bits per heavy atom. The molecule has 3 rings (SSSR count). The third-order valence-corrected chi connectivity index (χ3v) is 3.64. The Kier molecular flexibility index (Phi) is 3.18. The molecule has 4 nitrogen and oxygen atoms in total.